The lowest BCUT2D eigenvalue weighted by atomic mass is 9.66. The van der Waals surface area contributed by atoms with Gasteiger partial charge in [-0.25, -0.2) is 0 Å². The molecule has 1 aromatic carbocycles. The molecule has 1 aliphatic heterocycles. The largest absolute Gasteiger partial charge is 0.480 e. The van der Waals surface area contributed by atoms with Crippen LogP contribution in [0.25, 0.3) is 0 Å². The summed E-state index contributed by atoms with van der Waals surface area (Å²) in [5.41, 5.74) is 7.83. The maximum absolute atomic E-state index is 11.6. The van der Waals surface area contributed by atoms with Crippen LogP contribution in [0.4, 0.5) is 0 Å². The Hall–Kier alpha value is -1.37. The monoisotopic (exact) mass is 346 g/mol. The lowest BCUT2D eigenvalue weighted by molar-refractivity contribution is -0.144. The molecule has 0 aliphatic carbocycles. The Morgan fingerprint density at radius 2 is 1.92 bits per heavy atom. The molecule has 0 saturated heterocycles. The third-order valence-corrected chi connectivity index (χ3v) is 5.23. The van der Waals surface area contributed by atoms with Crippen LogP contribution in [0.3, 0.4) is 0 Å². The number of nitrogens with two attached hydrogens (primary N) is 1. The minimum atomic E-state index is -1.15. The normalized spacial score (nSPS) is 16.9. The van der Waals surface area contributed by atoms with Gasteiger partial charge in [-0.15, -0.1) is 0 Å². The fourth-order valence-corrected chi connectivity index (χ4v) is 3.58. The molecule has 0 amide bonds. The minimum Gasteiger partial charge on any atom is -0.480 e. The number of carbonyl (C=O) groups is 1. The first-order valence-corrected chi connectivity index (χ1v) is 9.40. The van der Waals surface area contributed by atoms with Crippen molar-refractivity contribution in [1.29, 1.82) is 0 Å². The Morgan fingerprint density at radius 1 is 1.24 bits per heavy atom. The van der Waals surface area contributed by atoms with E-state index in [0.29, 0.717) is 19.2 Å². The van der Waals surface area contributed by atoms with Crippen LogP contribution in [0.5, 0.6) is 0 Å². The predicted octanol–water partition coefficient (Wildman–Crippen LogP) is 2.39. The molecule has 5 nitrogen and oxygen atoms in total. The lowest BCUT2D eigenvalue weighted by Crippen LogP contribution is -2.48. The SMILES string of the molecule is CB(O)CCCCC(N)(CCCN1CCc2ccccc2C1)C(=O)O. The zero-order valence-corrected chi connectivity index (χ0v) is 15.3. The molecule has 1 aliphatic rings. The zero-order valence-electron chi connectivity index (χ0n) is 15.3. The Labute approximate surface area is 151 Å². The van der Waals surface area contributed by atoms with Gasteiger partial charge in [0.25, 0.3) is 6.92 Å². The highest BCUT2D eigenvalue weighted by Crippen LogP contribution is 2.22. The molecular weight excluding hydrogens is 315 g/mol. The summed E-state index contributed by atoms with van der Waals surface area (Å²) in [6.45, 7) is 4.27. The van der Waals surface area contributed by atoms with Gasteiger partial charge in [0.1, 0.15) is 5.54 Å². The Bertz CT molecular complexity index is 567. The Balaban J connectivity index is 1.76. The van der Waals surface area contributed by atoms with E-state index < -0.39 is 11.5 Å². The van der Waals surface area contributed by atoms with Gasteiger partial charge >= 0.3 is 5.97 Å². The number of unbranched alkanes of at least 4 members (excludes halogenated alkanes) is 1. The van der Waals surface area contributed by atoms with Gasteiger partial charge in [0.05, 0.1) is 0 Å². The van der Waals surface area contributed by atoms with Crippen LogP contribution >= 0.6 is 0 Å². The van der Waals surface area contributed by atoms with Crippen LogP contribution in [0.2, 0.25) is 13.1 Å². The summed E-state index contributed by atoms with van der Waals surface area (Å²) in [5, 5.41) is 18.8. The zero-order chi connectivity index (χ0) is 18.3. The standard InChI is InChI=1S/C19H31BN2O3/c1-20(25)12-5-4-10-19(21,18(23)24)11-6-13-22-14-9-16-7-2-3-8-17(16)15-22/h2-3,7-8,25H,4-6,9-15,21H2,1H3,(H,23,24). The van der Waals surface area contributed by atoms with E-state index in [9.17, 15) is 14.9 Å². The highest BCUT2D eigenvalue weighted by atomic mass is 16.4. The number of fused-ring (bicyclic) bond motifs is 1. The number of carboxylic acid groups (broad SMARTS) is 1. The van der Waals surface area contributed by atoms with Gasteiger partial charge in [-0.05, 0) is 49.7 Å². The summed E-state index contributed by atoms with van der Waals surface area (Å²) >= 11 is 0. The molecule has 6 heteroatoms. The van der Waals surface area contributed by atoms with E-state index in [1.54, 1.807) is 6.82 Å². The van der Waals surface area contributed by atoms with Gasteiger partial charge in [-0.2, -0.15) is 0 Å². The fourth-order valence-electron chi connectivity index (χ4n) is 3.58. The van der Waals surface area contributed by atoms with Crippen LogP contribution in [0.15, 0.2) is 24.3 Å². The molecule has 25 heavy (non-hydrogen) atoms. The highest BCUT2D eigenvalue weighted by molar-refractivity contribution is 6.48. The summed E-state index contributed by atoms with van der Waals surface area (Å²) in [6.07, 6.45) is 5.07. The maximum atomic E-state index is 11.6. The number of carboxylic acids is 1. The van der Waals surface area contributed by atoms with Crippen molar-refractivity contribution in [3.8, 4) is 0 Å². The van der Waals surface area contributed by atoms with Crippen LogP contribution in [-0.2, 0) is 17.8 Å². The van der Waals surface area contributed by atoms with Crippen molar-refractivity contribution < 1.29 is 14.9 Å². The minimum absolute atomic E-state index is 0.334. The first kappa shape index (κ1) is 20.0. The van der Waals surface area contributed by atoms with Crippen LogP contribution in [-0.4, -0.2) is 46.5 Å². The second-order valence-corrected chi connectivity index (χ2v) is 7.45. The Kier molecular flexibility index (Phi) is 7.47. The van der Waals surface area contributed by atoms with Crippen molar-refractivity contribution in [2.24, 2.45) is 5.73 Å². The van der Waals surface area contributed by atoms with Crippen molar-refractivity contribution in [3.63, 3.8) is 0 Å². The molecule has 0 fully saturated rings. The summed E-state index contributed by atoms with van der Waals surface area (Å²) in [4.78, 5) is 14.0. The summed E-state index contributed by atoms with van der Waals surface area (Å²) in [6, 6.07) is 8.52. The number of aliphatic carboxylic acids is 1. The summed E-state index contributed by atoms with van der Waals surface area (Å²) in [7, 11) is 0. The lowest BCUT2D eigenvalue weighted by Gasteiger charge is -2.30. The van der Waals surface area contributed by atoms with Crippen LogP contribution in [0, 0.1) is 0 Å². The molecule has 1 aromatic rings. The van der Waals surface area contributed by atoms with E-state index in [2.05, 4.69) is 29.2 Å². The third-order valence-electron chi connectivity index (χ3n) is 5.23. The van der Waals surface area contributed by atoms with Gasteiger partial charge in [0.2, 0.25) is 0 Å². The molecule has 0 bridgehead atoms. The quantitative estimate of drug-likeness (QED) is 0.447. The molecule has 1 unspecified atom stereocenters. The number of benzene rings is 1. The van der Waals surface area contributed by atoms with E-state index in [4.69, 9.17) is 5.73 Å². The number of nitrogens with zero attached hydrogens (tertiary/aromatic N) is 1. The molecule has 0 spiro atoms. The van der Waals surface area contributed by atoms with Gasteiger partial charge in [-0.1, -0.05) is 43.9 Å². The van der Waals surface area contributed by atoms with Gasteiger partial charge in [-0.3, -0.25) is 9.69 Å². The van der Waals surface area contributed by atoms with Crippen LogP contribution in [0.1, 0.15) is 43.2 Å². The average molecular weight is 346 g/mol. The second kappa shape index (κ2) is 9.37. The first-order chi connectivity index (χ1) is 11.9. The molecule has 2 rings (SSSR count). The summed E-state index contributed by atoms with van der Waals surface area (Å²) < 4.78 is 0. The van der Waals surface area contributed by atoms with Crippen molar-refractivity contribution in [2.75, 3.05) is 13.1 Å². The number of rotatable bonds is 10. The van der Waals surface area contributed by atoms with E-state index in [1.165, 1.54) is 11.1 Å². The van der Waals surface area contributed by atoms with Crippen molar-refractivity contribution >= 4 is 12.9 Å². The molecule has 0 saturated carbocycles. The van der Waals surface area contributed by atoms with Gasteiger partial charge < -0.3 is 15.9 Å². The molecule has 4 N–H and O–H groups in total. The molecule has 1 heterocycles. The van der Waals surface area contributed by atoms with E-state index in [-0.39, 0.29) is 6.92 Å². The number of hydrogen-bond acceptors (Lipinski definition) is 4. The molecule has 0 aromatic heterocycles. The van der Waals surface area contributed by atoms with E-state index in [0.717, 1.165) is 45.3 Å². The third kappa shape index (κ3) is 6.14. The predicted molar refractivity (Wildman–Crippen MR) is 102 cm³/mol. The van der Waals surface area contributed by atoms with E-state index in [1.807, 2.05) is 0 Å². The van der Waals surface area contributed by atoms with Crippen LogP contribution < -0.4 is 5.73 Å². The van der Waals surface area contributed by atoms with Gasteiger partial charge in [0.15, 0.2) is 0 Å². The van der Waals surface area contributed by atoms with Crippen molar-refractivity contribution in [2.45, 2.75) is 63.8 Å². The topological polar surface area (TPSA) is 86.8 Å². The fraction of sp³-hybridized carbons (Fsp3) is 0.632. The highest BCUT2D eigenvalue weighted by Gasteiger charge is 2.33. The first-order valence-electron chi connectivity index (χ1n) is 9.40. The van der Waals surface area contributed by atoms with Crippen molar-refractivity contribution in [1.82, 2.24) is 4.90 Å². The average Bonchev–Trinajstić information content (AvgIpc) is 2.58. The van der Waals surface area contributed by atoms with Gasteiger partial charge in [0, 0.05) is 13.1 Å². The Morgan fingerprint density at radius 3 is 2.60 bits per heavy atom. The maximum Gasteiger partial charge on any atom is 0.323 e. The molecule has 138 valence electrons. The van der Waals surface area contributed by atoms with Crippen molar-refractivity contribution in [3.05, 3.63) is 35.4 Å². The van der Waals surface area contributed by atoms with E-state index >= 15 is 0 Å². The molecular formula is C19H31BN2O3. The number of hydrogen-bond donors (Lipinski definition) is 3. The summed E-state index contributed by atoms with van der Waals surface area (Å²) in [5.74, 6) is -0.909. The molecule has 0 radical (unpaired) electrons. The smallest absolute Gasteiger partial charge is 0.323 e. The molecule has 1 atom stereocenters. The second-order valence-electron chi connectivity index (χ2n) is 7.45.